The first-order valence-corrected chi connectivity index (χ1v) is 8.66. The van der Waals surface area contributed by atoms with Gasteiger partial charge in [-0.25, -0.2) is 4.98 Å². The number of rotatable bonds is 3. The molecule has 3 heterocycles. The third-order valence-electron chi connectivity index (χ3n) is 4.79. The Kier molecular flexibility index (Phi) is 4.14. The second-order valence-corrected chi connectivity index (χ2v) is 6.48. The number of benzene rings is 1. The van der Waals surface area contributed by atoms with Crippen molar-refractivity contribution in [2.24, 2.45) is 0 Å². The summed E-state index contributed by atoms with van der Waals surface area (Å²) in [6.45, 7) is 3.52. The summed E-state index contributed by atoms with van der Waals surface area (Å²) in [7, 11) is 0. The molecule has 25 heavy (non-hydrogen) atoms. The topological polar surface area (TPSA) is 51.3 Å². The van der Waals surface area contributed by atoms with E-state index in [0.717, 1.165) is 36.5 Å². The summed E-state index contributed by atoms with van der Waals surface area (Å²) in [6.07, 6.45) is 5.47. The summed E-state index contributed by atoms with van der Waals surface area (Å²) in [5, 5.41) is 0. The van der Waals surface area contributed by atoms with E-state index < -0.39 is 0 Å². The van der Waals surface area contributed by atoms with Crippen molar-refractivity contribution in [2.75, 3.05) is 13.1 Å². The van der Waals surface area contributed by atoms with Crippen LogP contribution in [0.25, 0.3) is 11.4 Å². The van der Waals surface area contributed by atoms with E-state index in [0.29, 0.717) is 12.3 Å². The largest absolute Gasteiger partial charge is 0.459 e. The van der Waals surface area contributed by atoms with Crippen LogP contribution in [0.15, 0.2) is 59.3 Å². The van der Waals surface area contributed by atoms with E-state index in [9.17, 15) is 4.79 Å². The highest BCUT2D eigenvalue weighted by molar-refractivity contribution is 5.91. The zero-order valence-corrected chi connectivity index (χ0v) is 14.3. The van der Waals surface area contributed by atoms with Crippen molar-refractivity contribution < 1.29 is 9.21 Å². The van der Waals surface area contributed by atoms with Crippen LogP contribution in [-0.4, -0.2) is 33.4 Å². The normalized spacial score (nSPS) is 17.6. The Morgan fingerprint density at radius 1 is 1.20 bits per heavy atom. The van der Waals surface area contributed by atoms with Crippen molar-refractivity contribution in [3.8, 4) is 11.4 Å². The Morgan fingerprint density at radius 3 is 2.80 bits per heavy atom. The number of carbonyl (C=O) groups excluding carboxylic acids is 1. The lowest BCUT2D eigenvalue weighted by Crippen LogP contribution is -2.40. The fraction of sp³-hybridized carbons (Fsp3) is 0.300. The van der Waals surface area contributed by atoms with Crippen molar-refractivity contribution in [3.63, 3.8) is 0 Å². The highest BCUT2D eigenvalue weighted by Crippen LogP contribution is 2.29. The van der Waals surface area contributed by atoms with Crippen LogP contribution in [0.3, 0.4) is 0 Å². The number of hydrogen-bond donors (Lipinski definition) is 0. The molecule has 1 atom stereocenters. The van der Waals surface area contributed by atoms with Gasteiger partial charge in [0.1, 0.15) is 5.82 Å². The van der Waals surface area contributed by atoms with Gasteiger partial charge in [-0.3, -0.25) is 4.79 Å². The minimum Gasteiger partial charge on any atom is -0.459 e. The Balaban J connectivity index is 1.62. The monoisotopic (exact) mass is 335 g/mol. The third kappa shape index (κ3) is 2.97. The first-order chi connectivity index (χ1) is 12.2. The molecule has 1 saturated heterocycles. The standard InChI is InChI=1S/C20H21N3O2/c1-15-13-21-19(16-7-3-2-4-8-16)23(15)17-9-5-11-22(14-17)20(24)18-10-6-12-25-18/h2-4,6-8,10,12-13,17H,5,9,11,14H2,1H3. The van der Waals surface area contributed by atoms with Crippen molar-refractivity contribution in [3.05, 3.63) is 66.4 Å². The summed E-state index contributed by atoms with van der Waals surface area (Å²) in [4.78, 5) is 19.1. The van der Waals surface area contributed by atoms with Crippen molar-refractivity contribution in [1.29, 1.82) is 0 Å². The molecule has 0 spiro atoms. The van der Waals surface area contributed by atoms with Gasteiger partial charge >= 0.3 is 0 Å². The predicted molar refractivity (Wildman–Crippen MR) is 95.3 cm³/mol. The average molecular weight is 335 g/mol. The van der Waals surface area contributed by atoms with Gasteiger partial charge in [0.05, 0.1) is 12.3 Å². The van der Waals surface area contributed by atoms with E-state index in [1.807, 2.05) is 29.3 Å². The Labute approximate surface area is 146 Å². The molecule has 1 aliphatic rings. The molecule has 2 aromatic heterocycles. The molecule has 1 aromatic carbocycles. The third-order valence-corrected chi connectivity index (χ3v) is 4.79. The minimum atomic E-state index is -0.0336. The molecule has 0 radical (unpaired) electrons. The number of imidazole rings is 1. The highest BCUT2D eigenvalue weighted by Gasteiger charge is 2.28. The first-order valence-electron chi connectivity index (χ1n) is 8.66. The van der Waals surface area contributed by atoms with Crippen molar-refractivity contribution >= 4 is 5.91 Å². The molecule has 0 saturated carbocycles. The molecule has 0 bridgehead atoms. The molecule has 0 N–H and O–H groups in total. The van der Waals surface area contributed by atoms with Gasteiger partial charge in [0, 0.05) is 30.5 Å². The quantitative estimate of drug-likeness (QED) is 0.729. The first kappa shape index (κ1) is 15.7. The van der Waals surface area contributed by atoms with Crippen LogP contribution in [-0.2, 0) is 0 Å². The molecule has 1 aliphatic heterocycles. The number of nitrogens with zero attached hydrogens (tertiary/aromatic N) is 3. The van der Waals surface area contributed by atoms with E-state index in [-0.39, 0.29) is 11.9 Å². The maximum absolute atomic E-state index is 12.6. The molecule has 1 fully saturated rings. The maximum Gasteiger partial charge on any atom is 0.289 e. The Morgan fingerprint density at radius 2 is 2.04 bits per heavy atom. The van der Waals surface area contributed by atoms with E-state index in [1.54, 1.807) is 18.4 Å². The van der Waals surface area contributed by atoms with Crippen LogP contribution in [0.4, 0.5) is 0 Å². The molecule has 1 unspecified atom stereocenters. The Hall–Kier alpha value is -2.82. The summed E-state index contributed by atoms with van der Waals surface area (Å²) in [5.74, 6) is 1.34. The van der Waals surface area contributed by atoms with Gasteiger partial charge in [-0.2, -0.15) is 0 Å². The minimum absolute atomic E-state index is 0.0336. The van der Waals surface area contributed by atoms with Gasteiger partial charge in [0.25, 0.3) is 5.91 Å². The van der Waals surface area contributed by atoms with E-state index in [4.69, 9.17) is 4.42 Å². The number of aromatic nitrogens is 2. The number of likely N-dealkylation sites (tertiary alicyclic amines) is 1. The van der Waals surface area contributed by atoms with Crippen LogP contribution in [0, 0.1) is 6.92 Å². The van der Waals surface area contributed by atoms with Gasteiger partial charge in [0.2, 0.25) is 0 Å². The maximum atomic E-state index is 12.6. The zero-order valence-electron chi connectivity index (χ0n) is 14.3. The molecule has 128 valence electrons. The van der Waals surface area contributed by atoms with Crippen molar-refractivity contribution in [1.82, 2.24) is 14.5 Å². The predicted octanol–water partition coefficient (Wildman–Crippen LogP) is 3.93. The fourth-order valence-electron chi connectivity index (χ4n) is 3.61. The number of aryl methyl sites for hydroxylation is 1. The van der Waals surface area contributed by atoms with Gasteiger partial charge in [-0.1, -0.05) is 30.3 Å². The highest BCUT2D eigenvalue weighted by atomic mass is 16.3. The summed E-state index contributed by atoms with van der Waals surface area (Å²) in [5.41, 5.74) is 2.22. The lowest BCUT2D eigenvalue weighted by Gasteiger charge is -2.34. The number of piperidine rings is 1. The SMILES string of the molecule is Cc1cnc(-c2ccccc2)n1C1CCCN(C(=O)c2ccco2)C1. The lowest BCUT2D eigenvalue weighted by atomic mass is 10.0. The Bertz CT molecular complexity index is 852. The fourth-order valence-corrected chi connectivity index (χ4v) is 3.61. The van der Waals surface area contributed by atoms with Crippen LogP contribution >= 0.6 is 0 Å². The van der Waals surface area contributed by atoms with Gasteiger partial charge in [-0.05, 0) is 31.9 Å². The summed E-state index contributed by atoms with van der Waals surface area (Å²) >= 11 is 0. The van der Waals surface area contributed by atoms with Crippen molar-refractivity contribution in [2.45, 2.75) is 25.8 Å². The molecular formula is C20H21N3O2. The second-order valence-electron chi connectivity index (χ2n) is 6.48. The molecule has 4 rings (SSSR count). The van der Waals surface area contributed by atoms with Gasteiger partial charge in [-0.15, -0.1) is 0 Å². The van der Waals surface area contributed by atoms with Gasteiger partial charge in [0.15, 0.2) is 5.76 Å². The molecule has 5 nitrogen and oxygen atoms in total. The molecular weight excluding hydrogens is 314 g/mol. The molecule has 3 aromatic rings. The van der Waals surface area contributed by atoms with E-state index in [1.165, 1.54) is 0 Å². The average Bonchev–Trinajstić information content (AvgIpc) is 3.32. The van der Waals surface area contributed by atoms with Gasteiger partial charge < -0.3 is 13.9 Å². The van der Waals surface area contributed by atoms with E-state index >= 15 is 0 Å². The summed E-state index contributed by atoms with van der Waals surface area (Å²) < 4.78 is 7.56. The van der Waals surface area contributed by atoms with Crippen LogP contribution in [0.5, 0.6) is 0 Å². The lowest BCUT2D eigenvalue weighted by molar-refractivity contribution is 0.0647. The molecule has 0 aliphatic carbocycles. The number of furan rings is 1. The van der Waals surface area contributed by atoms with E-state index in [2.05, 4.69) is 28.6 Å². The summed E-state index contributed by atoms with van der Waals surface area (Å²) in [6, 6.07) is 13.9. The zero-order chi connectivity index (χ0) is 17.2. The van der Waals surface area contributed by atoms with Crippen LogP contribution in [0.2, 0.25) is 0 Å². The van der Waals surface area contributed by atoms with Crippen LogP contribution in [0.1, 0.15) is 35.1 Å². The number of hydrogen-bond acceptors (Lipinski definition) is 3. The smallest absolute Gasteiger partial charge is 0.289 e. The second kappa shape index (κ2) is 6.59. The number of carbonyl (C=O) groups is 1. The molecule has 1 amide bonds. The number of amides is 1. The molecule has 5 heteroatoms. The van der Waals surface area contributed by atoms with Crippen LogP contribution < -0.4 is 0 Å².